The molecule has 2 aliphatic heterocycles. The molecule has 2 aliphatic rings. The summed E-state index contributed by atoms with van der Waals surface area (Å²) in [5.74, 6) is 2.97. The van der Waals surface area contributed by atoms with Crippen LogP contribution >= 0.6 is 35.6 Å². The van der Waals surface area contributed by atoms with E-state index < -0.39 is 0 Å². The third-order valence-corrected chi connectivity index (χ3v) is 6.35. The molecule has 0 spiro atoms. The van der Waals surface area contributed by atoms with Crippen molar-refractivity contribution in [1.29, 1.82) is 0 Å². The van der Waals surface area contributed by atoms with Crippen LogP contribution in [0.3, 0.4) is 0 Å². The van der Waals surface area contributed by atoms with Gasteiger partial charge in [-0.15, -0.1) is 0 Å². The maximum absolute atomic E-state index is 6.03. The lowest BCUT2D eigenvalue weighted by molar-refractivity contribution is 0.389. The topological polar surface area (TPSA) is 83.4 Å². The molecule has 0 bridgehead atoms. The molecule has 0 saturated carbocycles. The van der Waals surface area contributed by atoms with Crippen LogP contribution < -0.4 is 21.7 Å². The van der Waals surface area contributed by atoms with Crippen molar-refractivity contribution in [3.8, 4) is 0 Å². The van der Waals surface area contributed by atoms with Gasteiger partial charge in [0.1, 0.15) is 5.82 Å². The van der Waals surface area contributed by atoms with Crippen molar-refractivity contribution in [2.24, 2.45) is 5.73 Å². The zero-order valence-corrected chi connectivity index (χ0v) is 18.8. The Kier molecular flexibility index (Phi) is 7.69. The van der Waals surface area contributed by atoms with Crippen LogP contribution in [0.15, 0.2) is 36.5 Å². The molecule has 0 amide bonds. The predicted molar refractivity (Wildman–Crippen MR) is 131 cm³/mol. The molecule has 5 N–H and O–H groups in total. The van der Waals surface area contributed by atoms with Gasteiger partial charge in [0, 0.05) is 66.3 Å². The molecular formula is C20H27ClN6S2. The Morgan fingerprint density at radius 3 is 2.69 bits per heavy atom. The van der Waals surface area contributed by atoms with Crippen molar-refractivity contribution in [3.63, 3.8) is 0 Å². The lowest BCUT2D eigenvalue weighted by Gasteiger charge is -2.36. The fourth-order valence-corrected chi connectivity index (χ4v) is 4.51. The second kappa shape index (κ2) is 10.2. The molecule has 6 nitrogen and oxygen atoms in total. The first-order chi connectivity index (χ1) is 13.9. The zero-order chi connectivity index (χ0) is 20.8. The number of nitrogens with zero attached hydrogens (tertiary/aromatic N) is 3. The highest BCUT2D eigenvalue weighted by atomic mass is 35.5. The maximum Gasteiger partial charge on any atom is 0.166 e. The fraction of sp³-hybridized carbons (Fsp3) is 0.400. The van der Waals surface area contributed by atoms with E-state index in [1.54, 1.807) is 0 Å². The van der Waals surface area contributed by atoms with E-state index in [1.165, 1.54) is 17.2 Å². The first-order valence-electron chi connectivity index (χ1n) is 9.58. The van der Waals surface area contributed by atoms with Gasteiger partial charge in [-0.3, -0.25) is 0 Å². The van der Waals surface area contributed by atoms with Crippen LogP contribution in [0.2, 0.25) is 5.02 Å². The number of allylic oxidation sites excluding steroid dienone is 1. The molecule has 2 aromatic rings. The molecule has 2 saturated heterocycles. The number of aromatic nitrogens is 1. The number of piperazine rings is 1. The van der Waals surface area contributed by atoms with Crippen molar-refractivity contribution < 1.29 is 0 Å². The first kappa shape index (κ1) is 21.8. The Balaban J connectivity index is 0.000000252. The first-order valence-corrected chi connectivity index (χ1v) is 11.5. The molecule has 4 rings (SSSR count). The number of thiocarbonyl (C=S) groups is 1. The van der Waals surface area contributed by atoms with Crippen LogP contribution in [-0.2, 0) is 0 Å². The largest absolute Gasteiger partial charge is 0.388 e. The Morgan fingerprint density at radius 1 is 1.21 bits per heavy atom. The average molecular weight is 451 g/mol. The Bertz CT molecular complexity index is 867. The molecular weight excluding hydrogens is 424 g/mol. The molecule has 156 valence electrons. The lowest BCUT2D eigenvalue weighted by atomic mass is 10.1. The number of anilines is 2. The highest BCUT2D eigenvalue weighted by Gasteiger charge is 2.20. The number of benzene rings is 1. The minimum atomic E-state index is 0.459. The normalized spacial score (nSPS) is 17.2. The van der Waals surface area contributed by atoms with Gasteiger partial charge in [0.25, 0.3) is 0 Å². The van der Waals surface area contributed by atoms with Crippen LogP contribution in [0.1, 0.15) is 6.42 Å². The number of pyridine rings is 1. The summed E-state index contributed by atoms with van der Waals surface area (Å²) in [6, 6.07) is 7.60. The summed E-state index contributed by atoms with van der Waals surface area (Å²) in [4.78, 5) is 8.64. The van der Waals surface area contributed by atoms with E-state index >= 15 is 0 Å². The second-order valence-electron chi connectivity index (χ2n) is 6.93. The molecule has 29 heavy (non-hydrogen) atoms. The molecule has 1 aromatic carbocycles. The van der Waals surface area contributed by atoms with E-state index in [1.807, 2.05) is 40.9 Å². The predicted octanol–water partition coefficient (Wildman–Crippen LogP) is 3.06. The Labute approximate surface area is 186 Å². The van der Waals surface area contributed by atoms with Gasteiger partial charge in [-0.2, -0.15) is 11.8 Å². The second-order valence-corrected chi connectivity index (χ2v) is 9.01. The van der Waals surface area contributed by atoms with Crippen LogP contribution in [0.25, 0.3) is 10.9 Å². The summed E-state index contributed by atoms with van der Waals surface area (Å²) in [7, 11) is 0. The van der Waals surface area contributed by atoms with Gasteiger partial charge in [0.05, 0.1) is 5.52 Å². The Hall–Kier alpha value is -1.90. The molecule has 3 heterocycles. The van der Waals surface area contributed by atoms with Crippen molar-refractivity contribution in [2.75, 3.05) is 54.9 Å². The smallest absolute Gasteiger partial charge is 0.166 e. The van der Waals surface area contributed by atoms with Gasteiger partial charge in [-0.1, -0.05) is 18.2 Å². The van der Waals surface area contributed by atoms with Crippen molar-refractivity contribution in [1.82, 2.24) is 15.2 Å². The highest BCUT2D eigenvalue weighted by Crippen LogP contribution is 2.30. The summed E-state index contributed by atoms with van der Waals surface area (Å²) in [5.41, 5.74) is 14.7. The van der Waals surface area contributed by atoms with E-state index in [0.717, 1.165) is 55.7 Å². The molecule has 9 heteroatoms. The molecule has 1 aromatic heterocycles. The number of nitrogen functional groups attached to an aromatic ring is 1. The highest BCUT2D eigenvalue weighted by molar-refractivity contribution is 7.99. The number of rotatable bonds is 1. The van der Waals surface area contributed by atoms with E-state index in [2.05, 4.69) is 21.8 Å². The van der Waals surface area contributed by atoms with Crippen molar-refractivity contribution in [3.05, 3.63) is 41.6 Å². The van der Waals surface area contributed by atoms with Gasteiger partial charge >= 0.3 is 0 Å². The minimum Gasteiger partial charge on any atom is -0.388 e. The van der Waals surface area contributed by atoms with Crippen LogP contribution in [0, 0.1) is 0 Å². The van der Waals surface area contributed by atoms with Gasteiger partial charge < -0.3 is 26.6 Å². The fourth-order valence-electron chi connectivity index (χ4n) is 3.32. The van der Waals surface area contributed by atoms with Gasteiger partial charge in [-0.25, -0.2) is 4.98 Å². The molecule has 2 fully saturated rings. The number of nitrogens with two attached hydrogens (primary N) is 2. The number of thioether (sulfide) groups is 1. The maximum atomic E-state index is 6.03. The van der Waals surface area contributed by atoms with Gasteiger partial charge in [0.2, 0.25) is 0 Å². The van der Waals surface area contributed by atoms with Crippen molar-refractivity contribution >= 4 is 63.1 Å². The molecule has 0 aliphatic carbocycles. The number of fused-ring (bicyclic) bond motifs is 1. The number of nitrogens with one attached hydrogen (secondary N) is 1. The number of hydrogen-bond acceptors (Lipinski definition) is 6. The minimum absolute atomic E-state index is 0.459. The summed E-state index contributed by atoms with van der Waals surface area (Å²) >= 11 is 13.1. The van der Waals surface area contributed by atoms with Crippen molar-refractivity contribution in [2.45, 2.75) is 6.42 Å². The third kappa shape index (κ3) is 6.04. The average Bonchev–Trinajstić information content (AvgIpc) is 2.95. The number of hydrogen-bond donors (Lipinski definition) is 3. The summed E-state index contributed by atoms with van der Waals surface area (Å²) < 4.78 is 0. The lowest BCUT2D eigenvalue weighted by Crippen LogP contribution is -2.50. The molecule has 0 unspecified atom stereocenters. The number of halogens is 1. The van der Waals surface area contributed by atoms with E-state index in [0.29, 0.717) is 16.0 Å². The summed E-state index contributed by atoms with van der Waals surface area (Å²) in [6.45, 7) is 8.27. The molecule has 0 radical (unpaired) electrons. The third-order valence-electron chi connectivity index (χ3n) is 4.87. The van der Waals surface area contributed by atoms with E-state index in [4.69, 9.17) is 35.3 Å². The zero-order valence-electron chi connectivity index (χ0n) is 16.4. The quantitative estimate of drug-likeness (QED) is 0.572. The monoisotopic (exact) mass is 450 g/mol. The van der Waals surface area contributed by atoms with Crippen LogP contribution in [-0.4, -0.2) is 59.2 Å². The standard InChI is InChI=1S/C14H16ClN5S.C6H11NS/c15-9-1-2-10-11(7-9)18-13(16)8-12(10)19-3-5-20(6-4-19)14(17)21;1-6-2-4-8-5-3-7-6/h1-2,7-8H,3-6H2,(H2,16,18)(H2,17,21);7H,1-5H2. The summed E-state index contributed by atoms with van der Waals surface area (Å²) in [5, 5.41) is 5.40. The Morgan fingerprint density at radius 2 is 1.97 bits per heavy atom. The van der Waals surface area contributed by atoms with E-state index in [-0.39, 0.29) is 0 Å². The van der Waals surface area contributed by atoms with Crippen LogP contribution in [0.4, 0.5) is 11.5 Å². The SMILES string of the molecule is C=C1CCSCCN1.NC(=S)N1CCN(c2cc(N)nc3cc(Cl)ccc23)CC1. The van der Waals surface area contributed by atoms with Gasteiger partial charge in [-0.05, 0) is 42.6 Å². The summed E-state index contributed by atoms with van der Waals surface area (Å²) in [6.07, 6.45) is 1.14. The molecule has 0 atom stereocenters. The van der Waals surface area contributed by atoms with E-state index in [9.17, 15) is 0 Å². The van der Waals surface area contributed by atoms with Gasteiger partial charge in [0.15, 0.2) is 5.11 Å². The van der Waals surface area contributed by atoms with Crippen LogP contribution in [0.5, 0.6) is 0 Å².